The third kappa shape index (κ3) is 1.55. The molecule has 0 saturated carbocycles. The van der Waals surface area contributed by atoms with Gasteiger partial charge in [-0.15, -0.1) is 0 Å². The summed E-state index contributed by atoms with van der Waals surface area (Å²) in [5.41, 5.74) is 0. The second-order valence-electron chi connectivity index (χ2n) is 1.45. The average molecular weight is 102 g/mol. The van der Waals surface area contributed by atoms with E-state index in [0.717, 1.165) is 19.4 Å². The Hall–Kier alpha value is -0.570. The van der Waals surface area contributed by atoms with Crippen LogP contribution in [0.3, 0.4) is 0 Å². The first-order chi connectivity index (χ1) is 2.89. The van der Waals surface area contributed by atoms with Crippen molar-refractivity contribution in [3.05, 3.63) is 0 Å². The second-order valence-corrected chi connectivity index (χ2v) is 1.45. The molecule has 0 aromatic heterocycles. The lowest BCUT2D eigenvalue weighted by Crippen LogP contribution is -2.12. The summed E-state index contributed by atoms with van der Waals surface area (Å²) in [5.74, 6) is 0.204. The van der Waals surface area contributed by atoms with E-state index in [1.54, 1.807) is 0 Å². The molecule has 1 aliphatic rings. The molecule has 4 N–H and O–H groups in total. The van der Waals surface area contributed by atoms with Gasteiger partial charge >= 0.3 is 0 Å². The predicted molar refractivity (Wildman–Crippen MR) is 27.3 cm³/mol. The summed E-state index contributed by atoms with van der Waals surface area (Å²) in [4.78, 5) is 10.1. The monoisotopic (exact) mass is 102 g/mol. The van der Waals surface area contributed by atoms with Crippen molar-refractivity contribution in [1.29, 1.82) is 0 Å². The molecule has 7 heavy (non-hydrogen) atoms. The van der Waals surface area contributed by atoms with E-state index in [4.69, 9.17) is 0 Å². The van der Waals surface area contributed by atoms with Gasteiger partial charge in [-0.25, -0.2) is 0 Å². The molecule has 1 heterocycles. The number of nitrogens with one attached hydrogen (secondary N) is 1. The first kappa shape index (κ1) is 6.43. The summed E-state index contributed by atoms with van der Waals surface area (Å²) in [5, 5.41) is 2.68. The van der Waals surface area contributed by atoms with Crippen molar-refractivity contribution in [1.82, 2.24) is 11.5 Å². The van der Waals surface area contributed by atoms with Crippen molar-refractivity contribution in [3.8, 4) is 0 Å². The lowest BCUT2D eigenvalue weighted by molar-refractivity contribution is -0.119. The summed E-state index contributed by atoms with van der Waals surface area (Å²) in [6, 6.07) is 0. The van der Waals surface area contributed by atoms with E-state index in [1.807, 2.05) is 0 Å². The van der Waals surface area contributed by atoms with Gasteiger partial charge < -0.3 is 11.5 Å². The fraction of sp³-hybridized carbons (Fsp3) is 0.750. The Kier molecular flexibility index (Phi) is 2.37. The molecule has 0 aromatic rings. The quantitative estimate of drug-likeness (QED) is 0.454. The van der Waals surface area contributed by atoms with Crippen LogP contribution in [0.2, 0.25) is 0 Å². The minimum absolute atomic E-state index is 0. The number of hydrogen-bond donors (Lipinski definition) is 2. The normalized spacial score (nSPS) is 18.0. The average Bonchev–Trinajstić information content (AvgIpc) is 1.86. The van der Waals surface area contributed by atoms with Crippen molar-refractivity contribution in [2.24, 2.45) is 0 Å². The molecule has 0 aromatic carbocycles. The van der Waals surface area contributed by atoms with Crippen molar-refractivity contribution >= 4 is 5.91 Å². The second kappa shape index (κ2) is 2.58. The van der Waals surface area contributed by atoms with Crippen molar-refractivity contribution in [3.63, 3.8) is 0 Å². The first-order valence-electron chi connectivity index (χ1n) is 2.16. The highest BCUT2D eigenvalue weighted by molar-refractivity contribution is 5.77. The standard InChI is InChI=1S/C4H7NO.H3N/c6-4-2-1-3-5-4;/h1-3H2,(H,5,6);1H3. The molecular formula is C4H10N2O. The first-order valence-corrected chi connectivity index (χ1v) is 2.16. The van der Waals surface area contributed by atoms with Gasteiger partial charge in [-0.05, 0) is 6.42 Å². The highest BCUT2D eigenvalue weighted by atomic mass is 16.1. The SMILES string of the molecule is N.O=C1CCCN1. The molecule has 0 atom stereocenters. The highest BCUT2D eigenvalue weighted by Gasteiger charge is 2.05. The predicted octanol–water partition coefficient (Wildman–Crippen LogP) is 0.0584. The van der Waals surface area contributed by atoms with Gasteiger partial charge in [0.1, 0.15) is 0 Å². The lowest BCUT2D eigenvalue weighted by atomic mass is 10.4. The smallest absolute Gasteiger partial charge is 0.220 e. The molecule has 1 aliphatic heterocycles. The van der Waals surface area contributed by atoms with E-state index in [-0.39, 0.29) is 12.1 Å². The molecule has 42 valence electrons. The third-order valence-corrected chi connectivity index (χ3v) is 0.903. The van der Waals surface area contributed by atoms with E-state index < -0.39 is 0 Å². The number of carbonyl (C=O) groups is 1. The van der Waals surface area contributed by atoms with Gasteiger partial charge in [0.25, 0.3) is 0 Å². The number of carbonyl (C=O) groups excluding carboxylic acids is 1. The summed E-state index contributed by atoms with van der Waals surface area (Å²) >= 11 is 0. The topological polar surface area (TPSA) is 64.1 Å². The Morgan fingerprint density at radius 2 is 2.29 bits per heavy atom. The van der Waals surface area contributed by atoms with Crippen molar-refractivity contribution in [2.75, 3.05) is 6.54 Å². The maximum atomic E-state index is 10.1. The molecule has 0 spiro atoms. The molecule has 1 rings (SSSR count). The van der Waals surface area contributed by atoms with Gasteiger partial charge in [-0.3, -0.25) is 4.79 Å². The number of rotatable bonds is 0. The van der Waals surface area contributed by atoms with Crippen LogP contribution in [0.15, 0.2) is 0 Å². The van der Waals surface area contributed by atoms with Crippen molar-refractivity contribution in [2.45, 2.75) is 12.8 Å². The van der Waals surface area contributed by atoms with Gasteiger partial charge in [-0.2, -0.15) is 0 Å². The van der Waals surface area contributed by atoms with Crippen LogP contribution in [0.25, 0.3) is 0 Å². The molecule has 3 heteroatoms. The van der Waals surface area contributed by atoms with E-state index in [9.17, 15) is 4.79 Å². The molecule has 3 nitrogen and oxygen atoms in total. The van der Waals surface area contributed by atoms with Crippen LogP contribution in [0.5, 0.6) is 0 Å². The molecule has 1 saturated heterocycles. The van der Waals surface area contributed by atoms with Crippen LogP contribution in [-0.2, 0) is 4.79 Å². The minimum Gasteiger partial charge on any atom is -0.356 e. The van der Waals surface area contributed by atoms with Crippen LogP contribution >= 0.6 is 0 Å². The Labute approximate surface area is 42.7 Å². The molecular weight excluding hydrogens is 92.1 g/mol. The largest absolute Gasteiger partial charge is 0.356 e. The zero-order chi connectivity index (χ0) is 4.41. The van der Waals surface area contributed by atoms with Gasteiger partial charge in [-0.1, -0.05) is 0 Å². The van der Waals surface area contributed by atoms with Gasteiger partial charge in [0.05, 0.1) is 0 Å². The zero-order valence-electron chi connectivity index (χ0n) is 4.24. The summed E-state index contributed by atoms with van der Waals surface area (Å²) in [6.07, 6.45) is 1.76. The molecule has 0 radical (unpaired) electrons. The van der Waals surface area contributed by atoms with Gasteiger partial charge in [0, 0.05) is 13.0 Å². The zero-order valence-corrected chi connectivity index (χ0v) is 4.24. The van der Waals surface area contributed by atoms with Crippen LogP contribution in [-0.4, -0.2) is 12.5 Å². The Balaban J connectivity index is 0.000000360. The van der Waals surface area contributed by atoms with Crippen LogP contribution < -0.4 is 11.5 Å². The van der Waals surface area contributed by atoms with Crippen LogP contribution in [0.4, 0.5) is 0 Å². The molecule has 0 unspecified atom stereocenters. The maximum absolute atomic E-state index is 10.1. The van der Waals surface area contributed by atoms with Crippen LogP contribution in [0, 0.1) is 0 Å². The molecule has 1 fully saturated rings. The maximum Gasteiger partial charge on any atom is 0.220 e. The Bertz CT molecular complexity index is 64.1. The Morgan fingerprint density at radius 1 is 1.57 bits per heavy atom. The van der Waals surface area contributed by atoms with E-state index in [2.05, 4.69) is 5.32 Å². The van der Waals surface area contributed by atoms with Gasteiger partial charge in [0.2, 0.25) is 5.91 Å². The summed E-state index contributed by atoms with van der Waals surface area (Å²) in [7, 11) is 0. The van der Waals surface area contributed by atoms with E-state index in [0.29, 0.717) is 0 Å². The minimum atomic E-state index is 0. The number of hydrogen-bond acceptors (Lipinski definition) is 2. The highest BCUT2D eigenvalue weighted by Crippen LogP contribution is 1.93. The summed E-state index contributed by atoms with van der Waals surface area (Å²) in [6.45, 7) is 0.888. The van der Waals surface area contributed by atoms with E-state index >= 15 is 0 Å². The molecule has 0 aliphatic carbocycles. The van der Waals surface area contributed by atoms with Gasteiger partial charge in [0.15, 0.2) is 0 Å². The Morgan fingerprint density at radius 3 is 2.43 bits per heavy atom. The fourth-order valence-corrected chi connectivity index (χ4v) is 0.565. The molecule has 1 amide bonds. The van der Waals surface area contributed by atoms with Crippen LogP contribution in [0.1, 0.15) is 12.8 Å². The molecule has 0 bridgehead atoms. The van der Waals surface area contributed by atoms with E-state index in [1.165, 1.54) is 0 Å². The number of amides is 1. The fourth-order valence-electron chi connectivity index (χ4n) is 0.565. The summed E-state index contributed by atoms with van der Waals surface area (Å²) < 4.78 is 0. The van der Waals surface area contributed by atoms with Crippen molar-refractivity contribution < 1.29 is 4.79 Å². The third-order valence-electron chi connectivity index (χ3n) is 0.903. The lowest BCUT2D eigenvalue weighted by Gasteiger charge is -1.80.